The third kappa shape index (κ3) is 8.86. The SMILES string of the molecule is COCCN(CC(C)CNC(C)C)C(C)COC. The lowest BCUT2D eigenvalue weighted by Gasteiger charge is -2.31. The fourth-order valence-corrected chi connectivity index (χ4v) is 1.95. The average Bonchev–Trinajstić information content (AvgIpc) is 2.32. The van der Waals surface area contributed by atoms with Crippen molar-refractivity contribution in [3.8, 4) is 0 Å². The van der Waals surface area contributed by atoms with Crippen molar-refractivity contribution in [2.24, 2.45) is 5.92 Å². The molecule has 4 heteroatoms. The van der Waals surface area contributed by atoms with Gasteiger partial charge in [0.25, 0.3) is 0 Å². The highest BCUT2D eigenvalue weighted by molar-refractivity contribution is 4.71. The molecule has 0 amide bonds. The summed E-state index contributed by atoms with van der Waals surface area (Å²) in [5.41, 5.74) is 0. The summed E-state index contributed by atoms with van der Waals surface area (Å²) in [7, 11) is 3.51. The number of nitrogens with zero attached hydrogens (tertiary/aromatic N) is 1. The summed E-state index contributed by atoms with van der Waals surface area (Å²) in [5, 5.41) is 3.49. The van der Waals surface area contributed by atoms with E-state index in [2.05, 4.69) is 37.9 Å². The van der Waals surface area contributed by atoms with E-state index in [1.54, 1.807) is 14.2 Å². The molecule has 0 aliphatic rings. The van der Waals surface area contributed by atoms with Gasteiger partial charge in [0.2, 0.25) is 0 Å². The molecule has 110 valence electrons. The summed E-state index contributed by atoms with van der Waals surface area (Å²) in [6.45, 7) is 13.5. The predicted octanol–water partition coefficient (Wildman–Crippen LogP) is 1.60. The second kappa shape index (κ2) is 10.7. The lowest BCUT2D eigenvalue weighted by molar-refractivity contribution is 0.0662. The van der Waals surface area contributed by atoms with E-state index in [9.17, 15) is 0 Å². The second-order valence-electron chi connectivity index (χ2n) is 5.46. The molecule has 0 spiro atoms. The van der Waals surface area contributed by atoms with Crippen LogP contribution in [0, 0.1) is 5.92 Å². The Kier molecular flexibility index (Phi) is 10.6. The van der Waals surface area contributed by atoms with Crippen molar-refractivity contribution >= 4 is 0 Å². The van der Waals surface area contributed by atoms with E-state index in [0.717, 1.165) is 32.8 Å². The zero-order valence-corrected chi connectivity index (χ0v) is 13.0. The highest BCUT2D eigenvalue weighted by atomic mass is 16.5. The van der Waals surface area contributed by atoms with E-state index in [1.165, 1.54) is 0 Å². The molecule has 2 atom stereocenters. The summed E-state index contributed by atoms with van der Waals surface area (Å²) in [5.74, 6) is 0.628. The Labute approximate surface area is 113 Å². The maximum atomic E-state index is 5.25. The monoisotopic (exact) mass is 260 g/mol. The van der Waals surface area contributed by atoms with Gasteiger partial charge in [-0.3, -0.25) is 4.90 Å². The zero-order valence-electron chi connectivity index (χ0n) is 13.0. The van der Waals surface area contributed by atoms with Crippen LogP contribution in [0.3, 0.4) is 0 Å². The van der Waals surface area contributed by atoms with Crippen LogP contribution in [-0.2, 0) is 9.47 Å². The molecule has 0 aromatic rings. The molecule has 0 saturated heterocycles. The number of hydrogen-bond donors (Lipinski definition) is 1. The van der Waals surface area contributed by atoms with Crippen LogP contribution in [0.5, 0.6) is 0 Å². The Balaban J connectivity index is 4.11. The molecule has 4 nitrogen and oxygen atoms in total. The number of methoxy groups -OCH3 is 2. The van der Waals surface area contributed by atoms with Crippen molar-refractivity contribution in [1.82, 2.24) is 10.2 Å². The van der Waals surface area contributed by atoms with E-state index < -0.39 is 0 Å². The largest absolute Gasteiger partial charge is 0.383 e. The molecule has 2 unspecified atom stereocenters. The van der Waals surface area contributed by atoms with E-state index in [-0.39, 0.29) is 0 Å². The van der Waals surface area contributed by atoms with Crippen LogP contribution >= 0.6 is 0 Å². The van der Waals surface area contributed by atoms with Crippen molar-refractivity contribution in [1.29, 1.82) is 0 Å². The fourth-order valence-electron chi connectivity index (χ4n) is 1.95. The van der Waals surface area contributed by atoms with Gasteiger partial charge in [-0.15, -0.1) is 0 Å². The summed E-state index contributed by atoms with van der Waals surface area (Å²) in [4.78, 5) is 2.44. The Morgan fingerprint density at radius 3 is 2.22 bits per heavy atom. The molecule has 0 rings (SSSR count). The molecule has 0 aromatic heterocycles. The van der Waals surface area contributed by atoms with Crippen molar-refractivity contribution in [3.05, 3.63) is 0 Å². The number of ether oxygens (including phenoxy) is 2. The van der Waals surface area contributed by atoms with Gasteiger partial charge in [0, 0.05) is 39.4 Å². The lowest BCUT2D eigenvalue weighted by atomic mass is 10.1. The molecule has 0 fully saturated rings. The number of hydrogen-bond acceptors (Lipinski definition) is 4. The molecule has 0 aromatic carbocycles. The van der Waals surface area contributed by atoms with Crippen LogP contribution in [0.4, 0.5) is 0 Å². The van der Waals surface area contributed by atoms with Crippen molar-refractivity contribution in [2.45, 2.75) is 39.8 Å². The van der Waals surface area contributed by atoms with E-state index >= 15 is 0 Å². The minimum absolute atomic E-state index is 0.437. The number of nitrogens with one attached hydrogen (secondary N) is 1. The topological polar surface area (TPSA) is 33.7 Å². The van der Waals surface area contributed by atoms with Crippen molar-refractivity contribution in [2.75, 3.05) is 47.1 Å². The molecule has 0 saturated carbocycles. The minimum Gasteiger partial charge on any atom is -0.383 e. The highest BCUT2D eigenvalue weighted by Gasteiger charge is 2.16. The fraction of sp³-hybridized carbons (Fsp3) is 1.00. The van der Waals surface area contributed by atoms with Gasteiger partial charge in [-0.2, -0.15) is 0 Å². The Morgan fingerprint density at radius 1 is 1.06 bits per heavy atom. The molecule has 18 heavy (non-hydrogen) atoms. The maximum Gasteiger partial charge on any atom is 0.0615 e. The van der Waals surface area contributed by atoms with E-state index in [1.807, 2.05) is 0 Å². The predicted molar refractivity (Wildman–Crippen MR) is 77.1 cm³/mol. The third-order valence-electron chi connectivity index (χ3n) is 3.03. The van der Waals surface area contributed by atoms with Gasteiger partial charge < -0.3 is 14.8 Å². The van der Waals surface area contributed by atoms with Gasteiger partial charge in [-0.05, 0) is 19.4 Å². The molecule has 0 aliphatic heterocycles. The molecule has 0 radical (unpaired) electrons. The zero-order chi connectivity index (χ0) is 14.0. The maximum absolute atomic E-state index is 5.25. The standard InChI is InChI=1S/C14H32N2O2/c1-12(2)15-9-13(3)10-16(7-8-17-5)14(4)11-18-6/h12-15H,7-11H2,1-6H3. The summed E-state index contributed by atoms with van der Waals surface area (Å²) < 4.78 is 10.4. The van der Waals surface area contributed by atoms with Gasteiger partial charge in [-0.1, -0.05) is 20.8 Å². The smallest absolute Gasteiger partial charge is 0.0615 e. The number of rotatable bonds is 11. The van der Waals surface area contributed by atoms with Crippen molar-refractivity contribution in [3.63, 3.8) is 0 Å². The van der Waals surface area contributed by atoms with Crippen LogP contribution in [-0.4, -0.2) is 64.1 Å². The van der Waals surface area contributed by atoms with Gasteiger partial charge in [-0.25, -0.2) is 0 Å². The summed E-state index contributed by atoms with van der Waals surface area (Å²) >= 11 is 0. The first-order chi connectivity index (χ1) is 8.51. The lowest BCUT2D eigenvalue weighted by Crippen LogP contribution is -2.43. The first-order valence-electron chi connectivity index (χ1n) is 6.96. The van der Waals surface area contributed by atoms with Crippen molar-refractivity contribution < 1.29 is 9.47 Å². The van der Waals surface area contributed by atoms with E-state index in [4.69, 9.17) is 9.47 Å². The van der Waals surface area contributed by atoms with Gasteiger partial charge in [0.15, 0.2) is 0 Å². The van der Waals surface area contributed by atoms with Crippen LogP contribution in [0.2, 0.25) is 0 Å². The van der Waals surface area contributed by atoms with Gasteiger partial charge >= 0.3 is 0 Å². The Bertz CT molecular complexity index is 189. The van der Waals surface area contributed by atoms with Crippen LogP contribution < -0.4 is 5.32 Å². The minimum atomic E-state index is 0.437. The van der Waals surface area contributed by atoms with Crippen LogP contribution in [0.25, 0.3) is 0 Å². The first-order valence-corrected chi connectivity index (χ1v) is 6.96. The van der Waals surface area contributed by atoms with Crippen LogP contribution in [0.1, 0.15) is 27.7 Å². The normalized spacial score (nSPS) is 15.3. The molecule has 0 aliphatic carbocycles. The van der Waals surface area contributed by atoms with Gasteiger partial charge in [0.1, 0.15) is 0 Å². The molecule has 0 heterocycles. The molecule has 0 bridgehead atoms. The average molecular weight is 260 g/mol. The summed E-state index contributed by atoms with van der Waals surface area (Å²) in [6, 6.07) is 0.989. The quantitative estimate of drug-likeness (QED) is 0.612. The van der Waals surface area contributed by atoms with E-state index in [0.29, 0.717) is 18.0 Å². The molecule has 1 N–H and O–H groups in total. The summed E-state index contributed by atoms with van der Waals surface area (Å²) in [6.07, 6.45) is 0. The molecular formula is C14H32N2O2. The van der Waals surface area contributed by atoms with Crippen LogP contribution in [0.15, 0.2) is 0 Å². The molecular weight excluding hydrogens is 228 g/mol. The van der Waals surface area contributed by atoms with Gasteiger partial charge in [0.05, 0.1) is 13.2 Å². The Hall–Kier alpha value is -0.160. The third-order valence-corrected chi connectivity index (χ3v) is 3.03. The Morgan fingerprint density at radius 2 is 1.72 bits per heavy atom. The highest BCUT2D eigenvalue weighted by Crippen LogP contribution is 2.05. The second-order valence-corrected chi connectivity index (χ2v) is 5.46. The first kappa shape index (κ1) is 17.8.